The third-order valence-corrected chi connectivity index (χ3v) is 4.01. The highest BCUT2D eigenvalue weighted by Gasteiger charge is 2.58. The summed E-state index contributed by atoms with van der Waals surface area (Å²) in [6.45, 7) is 0.707. The summed E-state index contributed by atoms with van der Waals surface area (Å²) in [5.74, 6) is -0.387. The summed E-state index contributed by atoms with van der Waals surface area (Å²) in [5, 5.41) is 9.01. The maximum absolute atomic E-state index is 11.9. The van der Waals surface area contributed by atoms with Gasteiger partial charge in [-0.2, -0.15) is 0 Å². The zero-order chi connectivity index (χ0) is 11.8. The highest BCUT2D eigenvalue weighted by molar-refractivity contribution is 6.04. The average molecular weight is 225 g/mol. The predicted molar refractivity (Wildman–Crippen MR) is 58.9 cm³/mol. The van der Waals surface area contributed by atoms with Gasteiger partial charge in [-0.15, -0.1) is 0 Å². The minimum Gasteiger partial charge on any atom is -0.480 e. The maximum atomic E-state index is 11.9. The van der Waals surface area contributed by atoms with Crippen molar-refractivity contribution in [1.29, 1.82) is 0 Å². The van der Waals surface area contributed by atoms with Crippen molar-refractivity contribution in [3.8, 4) is 0 Å². The van der Waals surface area contributed by atoms with Crippen LogP contribution >= 0.6 is 0 Å². The van der Waals surface area contributed by atoms with Crippen molar-refractivity contribution in [1.82, 2.24) is 4.90 Å². The Hall–Kier alpha value is -1.06. The van der Waals surface area contributed by atoms with Crippen LogP contribution in [0.5, 0.6) is 0 Å². The Balaban J connectivity index is 1.82. The van der Waals surface area contributed by atoms with Crippen LogP contribution in [0.25, 0.3) is 0 Å². The fourth-order valence-electron chi connectivity index (χ4n) is 2.27. The smallest absolute Gasteiger partial charge is 0.319 e. The molecule has 4 heteroatoms. The standard InChI is InChI=1S/C12H19NO3/c1-13(8-5-9-3-2-4-9)10(14)12(6-7-12)11(15)16/h9H,2-8H2,1H3,(H,15,16). The van der Waals surface area contributed by atoms with Gasteiger partial charge < -0.3 is 10.0 Å². The predicted octanol–water partition coefficient (Wildman–Crippen LogP) is 1.50. The number of hydrogen-bond acceptors (Lipinski definition) is 2. The number of hydrogen-bond donors (Lipinski definition) is 1. The van der Waals surface area contributed by atoms with E-state index in [-0.39, 0.29) is 5.91 Å². The van der Waals surface area contributed by atoms with E-state index in [1.165, 1.54) is 19.3 Å². The van der Waals surface area contributed by atoms with Crippen molar-refractivity contribution in [2.24, 2.45) is 11.3 Å². The van der Waals surface area contributed by atoms with Crippen molar-refractivity contribution < 1.29 is 14.7 Å². The summed E-state index contributed by atoms with van der Waals surface area (Å²) in [6.07, 6.45) is 5.89. The molecule has 90 valence electrons. The number of rotatable bonds is 5. The van der Waals surface area contributed by atoms with Crippen LogP contribution in [0.3, 0.4) is 0 Å². The molecule has 2 rings (SSSR count). The Morgan fingerprint density at radius 3 is 2.38 bits per heavy atom. The van der Waals surface area contributed by atoms with Crippen molar-refractivity contribution >= 4 is 11.9 Å². The van der Waals surface area contributed by atoms with E-state index >= 15 is 0 Å². The van der Waals surface area contributed by atoms with E-state index in [4.69, 9.17) is 5.11 Å². The monoisotopic (exact) mass is 225 g/mol. The first kappa shape index (κ1) is 11.4. The fraction of sp³-hybridized carbons (Fsp3) is 0.833. The van der Waals surface area contributed by atoms with E-state index in [9.17, 15) is 9.59 Å². The summed E-state index contributed by atoms with van der Waals surface area (Å²) in [5.41, 5.74) is -1.06. The molecule has 0 saturated heterocycles. The van der Waals surface area contributed by atoms with Gasteiger partial charge in [0.15, 0.2) is 0 Å². The zero-order valence-electron chi connectivity index (χ0n) is 9.74. The Morgan fingerprint density at radius 2 is 2.00 bits per heavy atom. The lowest BCUT2D eigenvalue weighted by Gasteiger charge is -2.28. The number of carbonyl (C=O) groups excluding carboxylic acids is 1. The molecule has 0 aromatic rings. The summed E-state index contributed by atoms with van der Waals surface area (Å²) in [4.78, 5) is 24.5. The molecule has 0 heterocycles. The highest BCUT2D eigenvalue weighted by Crippen LogP contribution is 2.47. The van der Waals surface area contributed by atoms with Gasteiger partial charge in [0.25, 0.3) is 0 Å². The van der Waals surface area contributed by atoms with Crippen LogP contribution in [0.1, 0.15) is 38.5 Å². The Morgan fingerprint density at radius 1 is 1.38 bits per heavy atom. The van der Waals surface area contributed by atoms with Gasteiger partial charge in [-0.25, -0.2) is 0 Å². The molecule has 1 N–H and O–H groups in total. The van der Waals surface area contributed by atoms with Gasteiger partial charge in [0.2, 0.25) is 5.91 Å². The Kier molecular flexibility index (Phi) is 2.91. The van der Waals surface area contributed by atoms with Crippen LogP contribution in [0.15, 0.2) is 0 Å². The minimum atomic E-state index is -1.06. The van der Waals surface area contributed by atoms with E-state index in [2.05, 4.69) is 0 Å². The van der Waals surface area contributed by atoms with Crippen LogP contribution in [-0.4, -0.2) is 35.5 Å². The van der Waals surface area contributed by atoms with E-state index in [1.807, 2.05) is 0 Å². The number of carboxylic acid groups (broad SMARTS) is 1. The van der Waals surface area contributed by atoms with Crippen LogP contribution in [0.4, 0.5) is 0 Å². The van der Waals surface area contributed by atoms with E-state index in [1.54, 1.807) is 11.9 Å². The first-order valence-electron chi connectivity index (χ1n) is 6.05. The van der Waals surface area contributed by atoms with Gasteiger partial charge in [-0.3, -0.25) is 9.59 Å². The van der Waals surface area contributed by atoms with Crippen molar-refractivity contribution in [3.63, 3.8) is 0 Å². The van der Waals surface area contributed by atoms with E-state index in [0.29, 0.717) is 19.4 Å². The van der Waals surface area contributed by atoms with Crippen molar-refractivity contribution in [2.75, 3.05) is 13.6 Å². The van der Waals surface area contributed by atoms with Gasteiger partial charge in [0, 0.05) is 13.6 Å². The molecule has 0 bridgehead atoms. The lowest BCUT2D eigenvalue weighted by Crippen LogP contribution is -2.39. The SMILES string of the molecule is CN(CCC1CCC1)C(=O)C1(C(=O)O)CC1. The molecule has 2 saturated carbocycles. The van der Waals surface area contributed by atoms with E-state index in [0.717, 1.165) is 12.3 Å². The Labute approximate surface area is 95.6 Å². The molecule has 0 radical (unpaired) electrons. The molecule has 0 spiro atoms. The lowest BCUT2D eigenvalue weighted by atomic mass is 9.83. The summed E-state index contributed by atoms with van der Waals surface area (Å²) < 4.78 is 0. The molecule has 0 aromatic carbocycles. The number of nitrogens with zero attached hydrogens (tertiary/aromatic N) is 1. The maximum Gasteiger partial charge on any atom is 0.319 e. The van der Waals surface area contributed by atoms with Crippen LogP contribution < -0.4 is 0 Å². The molecule has 4 nitrogen and oxygen atoms in total. The topological polar surface area (TPSA) is 57.6 Å². The van der Waals surface area contributed by atoms with Gasteiger partial charge in [-0.1, -0.05) is 19.3 Å². The van der Waals surface area contributed by atoms with Gasteiger partial charge in [-0.05, 0) is 25.2 Å². The zero-order valence-corrected chi connectivity index (χ0v) is 9.74. The highest BCUT2D eigenvalue weighted by atomic mass is 16.4. The number of carboxylic acids is 1. The second-order valence-electron chi connectivity index (χ2n) is 5.20. The van der Waals surface area contributed by atoms with Gasteiger partial charge >= 0.3 is 5.97 Å². The average Bonchev–Trinajstić information content (AvgIpc) is 2.94. The molecule has 0 aliphatic heterocycles. The molecule has 2 fully saturated rings. The minimum absolute atomic E-state index is 0.195. The largest absolute Gasteiger partial charge is 0.480 e. The molecule has 0 atom stereocenters. The Bertz CT molecular complexity index is 305. The quantitative estimate of drug-likeness (QED) is 0.721. The molecule has 0 unspecified atom stereocenters. The number of carbonyl (C=O) groups is 2. The molecule has 2 aliphatic carbocycles. The number of aliphatic carboxylic acids is 1. The van der Waals surface area contributed by atoms with Crippen LogP contribution in [0.2, 0.25) is 0 Å². The second kappa shape index (κ2) is 4.07. The van der Waals surface area contributed by atoms with Gasteiger partial charge in [0.1, 0.15) is 5.41 Å². The molecular weight excluding hydrogens is 206 g/mol. The third kappa shape index (κ3) is 1.93. The first-order valence-corrected chi connectivity index (χ1v) is 6.05. The van der Waals surface area contributed by atoms with Crippen LogP contribution in [-0.2, 0) is 9.59 Å². The van der Waals surface area contributed by atoms with Crippen LogP contribution in [0, 0.1) is 11.3 Å². The summed E-state index contributed by atoms with van der Waals surface area (Å²) in [7, 11) is 1.73. The first-order chi connectivity index (χ1) is 7.56. The molecule has 0 aromatic heterocycles. The van der Waals surface area contributed by atoms with Gasteiger partial charge in [0.05, 0.1) is 0 Å². The molecular formula is C12H19NO3. The molecule has 1 amide bonds. The molecule has 16 heavy (non-hydrogen) atoms. The van der Waals surface area contributed by atoms with Crippen molar-refractivity contribution in [2.45, 2.75) is 38.5 Å². The van der Waals surface area contributed by atoms with E-state index < -0.39 is 11.4 Å². The lowest BCUT2D eigenvalue weighted by molar-refractivity contribution is -0.152. The summed E-state index contributed by atoms with van der Waals surface area (Å²) >= 11 is 0. The molecule has 2 aliphatic rings. The third-order valence-electron chi connectivity index (χ3n) is 4.01. The van der Waals surface area contributed by atoms with Crippen molar-refractivity contribution in [3.05, 3.63) is 0 Å². The second-order valence-corrected chi connectivity index (χ2v) is 5.20. The summed E-state index contributed by atoms with van der Waals surface area (Å²) in [6, 6.07) is 0. The normalized spacial score (nSPS) is 22.3. The number of amides is 1. The fourth-order valence-corrected chi connectivity index (χ4v) is 2.27.